The molecule has 0 bridgehead atoms. The summed E-state index contributed by atoms with van der Waals surface area (Å²) in [5.41, 5.74) is 7.46. The fourth-order valence-electron chi connectivity index (χ4n) is 1.64. The van der Waals surface area contributed by atoms with E-state index in [-0.39, 0.29) is 11.4 Å². The Balaban J connectivity index is 2.38. The molecule has 2 aromatic carbocycles. The van der Waals surface area contributed by atoms with E-state index in [0.29, 0.717) is 16.9 Å². The predicted octanol–water partition coefficient (Wildman–Crippen LogP) is 3.55. The van der Waals surface area contributed by atoms with Crippen molar-refractivity contribution in [2.45, 2.75) is 0 Å². The van der Waals surface area contributed by atoms with Gasteiger partial charge in [0.1, 0.15) is 6.07 Å². The Morgan fingerprint density at radius 3 is 2.60 bits per heavy atom. The molecule has 0 heterocycles. The molecule has 0 aliphatic rings. The topological polar surface area (TPSA) is 105 Å². The van der Waals surface area contributed by atoms with Crippen molar-refractivity contribution in [3.8, 4) is 6.07 Å². The number of nitriles is 1. The van der Waals surface area contributed by atoms with Gasteiger partial charge in [-0.05, 0) is 24.3 Å². The SMILES string of the molecule is N#Cc1ccc(Br)cc1Nc1ccc([N+](=O)[O-])cc1N. The summed E-state index contributed by atoms with van der Waals surface area (Å²) in [5.74, 6) is 0. The van der Waals surface area contributed by atoms with Crippen molar-refractivity contribution in [2.24, 2.45) is 0 Å². The molecule has 0 atom stereocenters. The zero-order valence-corrected chi connectivity index (χ0v) is 11.7. The Morgan fingerprint density at radius 1 is 1.25 bits per heavy atom. The second-order valence-electron chi connectivity index (χ2n) is 3.96. The normalized spacial score (nSPS) is 9.80. The zero-order valence-electron chi connectivity index (χ0n) is 10.1. The van der Waals surface area contributed by atoms with Crippen LogP contribution >= 0.6 is 15.9 Å². The smallest absolute Gasteiger partial charge is 0.271 e. The molecule has 3 N–H and O–H groups in total. The standard InChI is InChI=1S/C13H9BrN4O2/c14-9-2-1-8(7-15)13(5-9)17-12-4-3-10(18(19)20)6-11(12)16/h1-6,17H,16H2. The van der Waals surface area contributed by atoms with Gasteiger partial charge in [-0.3, -0.25) is 10.1 Å². The number of hydrogen-bond acceptors (Lipinski definition) is 5. The monoisotopic (exact) mass is 332 g/mol. The lowest BCUT2D eigenvalue weighted by atomic mass is 10.1. The number of nitro groups is 1. The summed E-state index contributed by atoms with van der Waals surface area (Å²) in [4.78, 5) is 10.1. The number of nitrogens with two attached hydrogens (primary N) is 1. The molecule has 0 unspecified atom stereocenters. The number of benzene rings is 2. The van der Waals surface area contributed by atoms with Crippen molar-refractivity contribution >= 4 is 38.7 Å². The molecule has 20 heavy (non-hydrogen) atoms. The first-order valence-electron chi connectivity index (χ1n) is 5.52. The van der Waals surface area contributed by atoms with Crippen LogP contribution in [0, 0.1) is 21.4 Å². The highest BCUT2D eigenvalue weighted by Gasteiger charge is 2.10. The van der Waals surface area contributed by atoms with Gasteiger partial charge in [0.25, 0.3) is 5.69 Å². The van der Waals surface area contributed by atoms with Crippen LogP contribution in [0.25, 0.3) is 0 Å². The van der Waals surface area contributed by atoms with E-state index < -0.39 is 4.92 Å². The van der Waals surface area contributed by atoms with E-state index in [4.69, 9.17) is 11.0 Å². The number of nitro benzene ring substituents is 1. The van der Waals surface area contributed by atoms with E-state index >= 15 is 0 Å². The predicted molar refractivity (Wildman–Crippen MR) is 79.6 cm³/mol. The summed E-state index contributed by atoms with van der Waals surface area (Å²) in [6.07, 6.45) is 0. The largest absolute Gasteiger partial charge is 0.397 e. The van der Waals surface area contributed by atoms with Gasteiger partial charge in [0.2, 0.25) is 0 Å². The number of hydrogen-bond donors (Lipinski definition) is 2. The van der Waals surface area contributed by atoms with E-state index in [2.05, 4.69) is 27.3 Å². The Labute approximate surface area is 123 Å². The lowest BCUT2D eigenvalue weighted by Gasteiger charge is -2.11. The van der Waals surface area contributed by atoms with Gasteiger partial charge in [0.05, 0.1) is 27.5 Å². The van der Waals surface area contributed by atoms with E-state index in [1.54, 1.807) is 18.2 Å². The lowest BCUT2D eigenvalue weighted by molar-refractivity contribution is -0.384. The van der Waals surface area contributed by atoms with Gasteiger partial charge in [-0.2, -0.15) is 5.26 Å². The Bertz CT molecular complexity index is 725. The number of anilines is 3. The van der Waals surface area contributed by atoms with E-state index in [1.807, 2.05) is 0 Å². The van der Waals surface area contributed by atoms with Crippen LogP contribution in [0.4, 0.5) is 22.7 Å². The minimum Gasteiger partial charge on any atom is -0.397 e. The highest BCUT2D eigenvalue weighted by Crippen LogP contribution is 2.30. The van der Waals surface area contributed by atoms with Gasteiger partial charge in [0, 0.05) is 16.6 Å². The first-order valence-corrected chi connectivity index (χ1v) is 6.31. The summed E-state index contributed by atoms with van der Waals surface area (Å²) >= 11 is 3.32. The Kier molecular flexibility index (Phi) is 3.86. The molecular weight excluding hydrogens is 324 g/mol. The van der Waals surface area contributed by atoms with Crippen LogP contribution in [0.3, 0.4) is 0 Å². The third kappa shape index (κ3) is 2.87. The quantitative estimate of drug-likeness (QED) is 0.508. The lowest BCUT2D eigenvalue weighted by Crippen LogP contribution is -1.99. The zero-order chi connectivity index (χ0) is 14.7. The van der Waals surface area contributed by atoms with Crippen molar-refractivity contribution < 1.29 is 4.92 Å². The fourth-order valence-corrected chi connectivity index (χ4v) is 2.00. The van der Waals surface area contributed by atoms with Crippen LogP contribution < -0.4 is 11.1 Å². The van der Waals surface area contributed by atoms with Crippen LogP contribution in [0.1, 0.15) is 5.56 Å². The molecule has 2 aromatic rings. The molecule has 0 amide bonds. The molecule has 0 radical (unpaired) electrons. The summed E-state index contributed by atoms with van der Waals surface area (Å²) < 4.78 is 0.805. The second kappa shape index (κ2) is 5.59. The molecule has 100 valence electrons. The number of non-ortho nitro benzene ring substituents is 1. The van der Waals surface area contributed by atoms with Crippen LogP contribution in [-0.4, -0.2) is 4.92 Å². The van der Waals surface area contributed by atoms with Gasteiger partial charge < -0.3 is 11.1 Å². The molecule has 6 nitrogen and oxygen atoms in total. The molecule has 0 fully saturated rings. The third-order valence-electron chi connectivity index (χ3n) is 2.62. The summed E-state index contributed by atoms with van der Waals surface area (Å²) in [5, 5.41) is 22.7. The number of halogens is 1. The average molecular weight is 333 g/mol. The average Bonchev–Trinajstić information content (AvgIpc) is 2.41. The summed E-state index contributed by atoms with van der Waals surface area (Å²) in [6, 6.07) is 11.3. The molecule has 0 aromatic heterocycles. The molecule has 0 spiro atoms. The maximum Gasteiger partial charge on any atom is 0.271 e. The van der Waals surface area contributed by atoms with Crippen LogP contribution in [0.15, 0.2) is 40.9 Å². The maximum atomic E-state index is 10.6. The molecule has 0 saturated carbocycles. The van der Waals surface area contributed by atoms with Gasteiger partial charge in [-0.1, -0.05) is 15.9 Å². The summed E-state index contributed by atoms with van der Waals surface area (Å²) in [6.45, 7) is 0. The first-order chi connectivity index (χ1) is 9.51. The van der Waals surface area contributed by atoms with E-state index in [9.17, 15) is 10.1 Å². The van der Waals surface area contributed by atoms with Gasteiger partial charge in [-0.15, -0.1) is 0 Å². The van der Waals surface area contributed by atoms with Crippen LogP contribution in [-0.2, 0) is 0 Å². The van der Waals surface area contributed by atoms with Crippen molar-refractivity contribution in [1.82, 2.24) is 0 Å². The third-order valence-corrected chi connectivity index (χ3v) is 3.11. The fraction of sp³-hybridized carbons (Fsp3) is 0. The highest BCUT2D eigenvalue weighted by molar-refractivity contribution is 9.10. The van der Waals surface area contributed by atoms with E-state index in [0.717, 1.165) is 4.47 Å². The first kappa shape index (κ1) is 13.8. The Morgan fingerprint density at radius 2 is 2.00 bits per heavy atom. The number of nitrogen functional groups attached to an aromatic ring is 1. The molecule has 0 aliphatic heterocycles. The van der Waals surface area contributed by atoms with Crippen molar-refractivity contribution in [2.75, 3.05) is 11.1 Å². The van der Waals surface area contributed by atoms with Gasteiger partial charge in [-0.25, -0.2) is 0 Å². The number of nitrogens with one attached hydrogen (secondary N) is 1. The summed E-state index contributed by atoms with van der Waals surface area (Å²) in [7, 11) is 0. The molecule has 0 aliphatic carbocycles. The van der Waals surface area contributed by atoms with Crippen LogP contribution in [0.5, 0.6) is 0 Å². The number of nitrogens with zero attached hydrogens (tertiary/aromatic N) is 2. The van der Waals surface area contributed by atoms with Crippen molar-refractivity contribution in [1.29, 1.82) is 5.26 Å². The molecular formula is C13H9BrN4O2. The molecule has 2 rings (SSSR count). The number of rotatable bonds is 3. The molecule has 7 heteroatoms. The van der Waals surface area contributed by atoms with Gasteiger partial charge >= 0.3 is 0 Å². The van der Waals surface area contributed by atoms with Crippen LogP contribution in [0.2, 0.25) is 0 Å². The van der Waals surface area contributed by atoms with Gasteiger partial charge in [0.15, 0.2) is 0 Å². The minimum absolute atomic E-state index is 0.0807. The second-order valence-corrected chi connectivity index (χ2v) is 4.87. The Hall–Kier alpha value is -2.59. The van der Waals surface area contributed by atoms with E-state index in [1.165, 1.54) is 18.2 Å². The van der Waals surface area contributed by atoms with Crippen molar-refractivity contribution in [3.63, 3.8) is 0 Å². The van der Waals surface area contributed by atoms with Crippen molar-refractivity contribution in [3.05, 3.63) is 56.5 Å². The maximum absolute atomic E-state index is 10.6. The highest BCUT2D eigenvalue weighted by atomic mass is 79.9. The molecule has 0 saturated heterocycles. The minimum atomic E-state index is -0.514.